The van der Waals surface area contributed by atoms with E-state index in [4.69, 9.17) is 4.74 Å². The zero-order valence-corrected chi connectivity index (χ0v) is 13.4. The fourth-order valence-corrected chi connectivity index (χ4v) is 4.23. The minimum absolute atomic E-state index is 0.0101. The Balaban J connectivity index is 2.00. The Morgan fingerprint density at radius 1 is 0.842 bits per heavy atom. The Hall–Kier alpha value is -0.0900. The SMILES string of the molecule is CCCCCCCCCCS(=O)(=O)C1OC1CCC. The predicted molar refractivity (Wildman–Crippen MR) is 80.0 cm³/mol. The van der Waals surface area contributed by atoms with Gasteiger partial charge in [0.15, 0.2) is 15.3 Å². The normalized spacial score (nSPS) is 22.6. The lowest BCUT2D eigenvalue weighted by atomic mass is 10.1. The number of unbranched alkanes of at least 4 members (excludes halogenated alkanes) is 7. The number of ether oxygens (including phenoxy) is 1. The van der Waals surface area contributed by atoms with E-state index in [0.717, 1.165) is 25.7 Å². The molecule has 0 amide bonds. The largest absolute Gasteiger partial charge is 0.352 e. The summed E-state index contributed by atoms with van der Waals surface area (Å²) in [7, 11) is -2.98. The van der Waals surface area contributed by atoms with E-state index in [9.17, 15) is 8.42 Å². The molecule has 1 heterocycles. The molecule has 0 aromatic carbocycles. The Labute approximate surface area is 119 Å². The topological polar surface area (TPSA) is 46.7 Å². The van der Waals surface area contributed by atoms with E-state index in [2.05, 4.69) is 13.8 Å². The van der Waals surface area contributed by atoms with Crippen LogP contribution in [0.1, 0.15) is 78.1 Å². The lowest BCUT2D eigenvalue weighted by Gasteiger charge is -2.02. The number of hydrogen-bond acceptors (Lipinski definition) is 3. The van der Waals surface area contributed by atoms with Crippen molar-refractivity contribution >= 4 is 9.84 Å². The van der Waals surface area contributed by atoms with Crippen LogP contribution >= 0.6 is 0 Å². The minimum atomic E-state index is -2.98. The van der Waals surface area contributed by atoms with Crippen molar-refractivity contribution in [3.8, 4) is 0 Å². The van der Waals surface area contributed by atoms with E-state index in [1.807, 2.05) is 0 Å². The van der Waals surface area contributed by atoms with Gasteiger partial charge in [-0.05, 0) is 12.8 Å². The average molecular weight is 290 g/mol. The number of hydrogen-bond donors (Lipinski definition) is 0. The zero-order valence-electron chi connectivity index (χ0n) is 12.6. The van der Waals surface area contributed by atoms with Crippen molar-refractivity contribution in [1.29, 1.82) is 0 Å². The number of epoxide rings is 1. The van der Waals surface area contributed by atoms with Crippen molar-refractivity contribution in [3.63, 3.8) is 0 Å². The summed E-state index contributed by atoms with van der Waals surface area (Å²) < 4.78 is 29.1. The van der Waals surface area contributed by atoms with Crippen LogP contribution in [-0.2, 0) is 14.6 Å². The Kier molecular flexibility index (Phi) is 8.00. The van der Waals surface area contributed by atoms with Gasteiger partial charge < -0.3 is 4.74 Å². The van der Waals surface area contributed by atoms with Crippen molar-refractivity contribution in [2.75, 3.05) is 5.75 Å². The van der Waals surface area contributed by atoms with E-state index in [1.165, 1.54) is 38.5 Å². The molecule has 1 aliphatic rings. The number of sulfone groups is 1. The van der Waals surface area contributed by atoms with Crippen LogP contribution in [0.5, 0.6) is 0 Å². The molecule has 0 bridgehead atoms. The smallest absolute Gasteiger partial charge is 0.185 e. The summed E-state index contributed by atoms with van der Waals surface area (Å²) in [6.45, 7) is 4.28. The van der Waals surface area contributed by atoms with E-state index in [-0.39, 0.29) is 6.10 Å². The Morgan fingerprint density at radius 3 is 2.00 bits per heavy atom. The monoisotopic (exact) mass is 290 g/mol. The first-order valence-electron chi connectivity index (χ1n) is 7.98. The van der Waals surface area contributed by atoms with Gasteiger partial charge in [0, 0.05) is 0 Å². The van der Waals surface area contributed by atoms with Crippen LogP contribution < -0.4 is 0 Å². The van der Waals surface area contributed by atoms with Gasteiger partial charge in [-0.15, -0.1) is 0 Å². The first-order chi connectivity index (χ1) is 9.11. The molecular formula is C15H30O3S. The van der Waals surface area contributed by atoms with Crippen LogP contribution in [0.25, 0.3) is 0 Å². The molecule has 1 saturated heterocycles. The van der Waals surface area contributed by atoms with Gasteiger partial charge in [-0.25, -0.2) is 8.42 Å². The number of rotatable bonds is 12. The summed E-state index contributed by atoms with van der Waals surface area (Å²) in [5.74, 6) is 0.312. The molecule has 0 aromatic heterocycles. The molecule has 1 rings (SSSR count). The quantitative estimate of drug-likeness (QED) is 0.402. The summed E-state index contributed by atoms with van der Waals surface area (Å²) in [5, 5.41) is 0. The Morgan fingerprint density at radius 2 is 1.42 bits per heavy atom. The second-order valence-electron chi connectivity index (χ2n) is 5.67. The molecule has 2 atom stereocenters. The summed E-state index contributed by atoms with van der Waals surface area (Å²) in [6.07, 6.45) is 11.3. The van der Waals surface area contributed by atoms with Crippen LogP contribution in [-0.4, -0.2) is 25.7 Å². The van der Waals surface area contributed by atoms with Crippen molar-refractivity contribution in [1.82, 2.24) is 0 Å². The van der Waals surface area contributed by atoms with Gasteiger partial charge in [-0.2, -0.15) is 0 Å². The van der Waals surface area contributed by atoms with E-state index < -0.39 is 15.3 Å². The third-order valence-electron chi connectivity index (χ3n) is 3.75. The van der Waals surface area contributed by atoms with Crippen LogP contribution in [0, 0.1) is 0 Å². The summed E-state index contributed by atoms with van der Waals surface area (Å²) in [6, 6.07) is 0. The average Bonchev–Trinajstić information content (AvgIpc) is 3.13. The maximum atomic E-state index is 11.9. The van der Waals surface area contributed by atoms with Crippen LogP contribution in [0.2, 0.25) is 0 Å². The maximum absolute atomic E-state index is 11.9. The second kappa shape index (κ2) is 8.96. The minimum Gasteiger partial charge on any atom is -0.352 e. The molecule has 0 spiro atoms. The van der Waals surface area contributed by atoms with Gasteiger partial charge in [-0.3, -0.25) is 0 Å². The fraction of sp³-hybridized carbons (Fsp3) is 1.00. The molecule has 0 saturated carbocycles. The standard InChI is InChI=1S/C15H30O3S/c1-3-5-6-7-8-9-10-11-13-19(16,17)15-14(18-15)12-4-2/h14-15H,3-13H2,1-2H3. The molecule has 19 heavy (non-hydrogen) atoms. The molecule has 0 radical (unpaired) electrons. The molecule has 0 N–H and O–H groups in total. The highest BCUT2D eigenvalue weighted by atomic mass is 32.2. The molecule has 2 unspecified atom stereocenters. The highest BCUT2D eigenvalue weighted by molar-refractivity contribution is 7.92. The van der Waals surface area contributed by atoms with Gasteiger partial charge >= 0.3 is 0 Å². The van der Waals surface area contributed by atoms with Crippen molar-refractivity contribution < 1.29 is 13.2 Å². The first-order valence-corrected chi connectivity index (χ1v) is 9.70. The molecule has 1 aliphatic heterocycles. The van der Waals surface area contributed by atoms with Crippen molar-refractivity contribution in [3.05, 3.63) is 0 Å². The summed E-state index contributed by atoms with van der Waals surface area (Å²) >= 11 is 0. The predicted octanol–water partition coefficient (Wildman–Crippen LogP) is 4.07. The third kappa shape index (κ3) is 6.75. The molecular weight excluding hydrogens is 260 g/mol. The molecule has 0 aromatic rings. The lowest BCUT2D eigenvalue weighted by molar-refractivity contribution is 0.382. The lowest BCUT2D eigenvalue weighted by Crippen LogP contribution is -2.15. The second-order valence-corrected chi connectivity index (χ2v) is 7.87. The summed E-state index contributed by atoms with van der Waals surface area (Å²) in [4.78, 5) is 0. The highest BCUT2D eigenvalue weighted by Crippen LogP contribution is 2.32. The van der Waals surface area contributed by atoms with Gasteiger partial charge in [-0.1, -0.05) is 65.2 Å². The van der Waals surface area contributed by atoms with Crippen LogP contribution in [0.3, 0.4) is 0 Å². The Bertz CT molecular complexity index is 324. The van der Waals surface area contributed by atoms with E-state index in [0.29, 0.717) is 5.75 Å². The van der Waals surface area contributed by atoms with Gasteiger partial charge in [0.25, 0.3) is 0 Å². The highest BCUT2D eigenvalue weighted by Gasteiger charge is 2.47. The third-order valence-corrected chi connectivity index (χ3v) is 5.73. The molecule has 0 aliphatic carbocycles. The van der Waals surface area contributed by atoms with Gasteiger partial charge in [0.1, 0.15) is 0 Å². The van der Waals surface area contributed by atoms with Crippen molar-refractivity contribution in [2.45, 2.75) is 89.6 Å². The van der Waals surface area contributed by atoms with Crippen molar-refractivity contribution in [2.24, 2.45) is 0 Å². The maximum Gasteiger partial charge on any atom is 0.185 e. The molecule has 3 nitrogen and oxygen atoms in total. The summed E-state index contributed by atoms with van der Waals surface area (Å²) in [5.41, 5.74) is -0.475. The van der Waals surface area contributed by atoms with E-state index >= 15 is 0 Å². The molecule has 114 valence electrons. The molecule has 1 fully saturated rings. The van der Waals surface area contributed by atoms with Gasteiger partial charge in [0.05, 0.1) is 11.9 Å². The zero-order chi connectivity index (χ0) is 14.1. The van der Waals surface area contributed by atoms with E-state index in [1.54, 1.807) is 0 Å². The molecule has 4 heteroatoms. The van der Waals surface area contributed by atoms with Gasteiger partial charge in [0.2, 0.25) is 0 Å². The fourth-order valence-electron chi connectivity index (χ4n) is 2.48. The first kappa shape index (κ1) is 17.0. The van der Waals surface area contributed by atoms with Crippen LogP contribution in [0.15, 0.2) is 0 Å². The van der Waals surface area contributed by atoms with Crippen LogP contribution in [0.4, 0.5) is 0 Å².